The Kier molecular flexibility index (Phi) is 7.72. The van der Waals surface area contributed by atoms with Gasteiger partial charge in [0.25, 0.3) is 0 Å². The third kappa shape index (κ3) is 5.40. The number of halogens is 1. The van der Waals surface area contributed by atoms with Crippen molar-refractivity contribution >= 4 is 41.2 Å². The number of hydrogen-bond donors (Lipinski definition) is 0. The SMILES string of the molecule is C=C1N=CN(c2ccc(Cl)cc2)CC(=O)CSC(=C/C)/C1=C(\C(=C)C)N(C)C. The van der Waals surface area contributed by atoms with E-state index in [-0.39, 0.29) is 12.3 Å². The van der Waals surface area contributed by atoms with Crippen molar-refractivity contribution in [3.63, 3.8) is 0 Å². The highest BCUT2D eigenvalue weighted by Crippen LogP contribution is 2.35. The molecule has 6 heteroatoms. The normalized spacial score (nSPS) is 19.0. The highest BCUT2D eigenvalue weighted by molar-refractivity contribution is 8.03. The quantitative estimate of drug-likeness (QED) is 0.671. The first kappa shape index (κ1) is 22.1. The summed E-state index contributed by atoms with van der Waals surface area (Å²) in [6, 6.07) is 7.34. The molecule has 0 N–H and O–H groups in total. The maximum Gasteiger partial charge on any atom is 0.162 e. The third-order valence-corrected chi connectivity index (χ3v) is 5.60. The molecule has 0 spiro atoms. The van der Waals surface area contributed by atoms with Crippen LogP contribution in [0.4, 0.5) is 5.69 Å². The van der Waals surface area contributed by atoms with E-state index in [1.54, 1.807) is 18.5 Å². The van der Waals surface area contributed by atoms with Crippen molar-refractivity contribution in [1.82, 2.24) is 4.90 Å². The smallest absolute Gasteiger partial charge is 0.162 e. The van der Waals surface area contributed by atoms with Crippen molar-refractivity contribution in [2.24, 2.45) is 4.99 Å². The number of ketones is 1. The molecule has 4 nitrogen and oxygen atoms in total. The van der Waals surface area contributed by atoms with Gasteiger partial charge >= 0.3 is 0 Å². The molecule has 2 rings (SSSR count). The number of nitrogens with zero attached hydrogens (tertiary/aromatic N) is 3. The fourth-order valence-electron chi connectivity index (χ4n) is 2.94. The fourth-order valence-corrected chi connectivity index (χ4v) is 4.00. The van der Waals surface area contributed by atoms with Gasteiger partial charge in [-0.2, -0.15) is 0 Å². The molecule has 1 aromatic rings. The molecule has 1 aliphatic rings. The molecule has 1 aromatic carbocycles. The Labute approximate surface area is 177 Å². The highest BCUT2D eigenvalue weighted by atomic mass is 35.5. The Hall–Kier alpha value is -2.24. The number of Topliss-reactive ketones (excluding diaryl/α,β-unsaturated/α-hetero) is 1. The second-order valence-corrected chi connectivity index (χ2v) is 8.13. The standard InChI is InChI=1S/C22H26ClN3OS/c1-7-20-21(22(15(2)3)25(5)6)16(4)24-14-26(12-19(27)13-28-20)18-10-8-17(23)9-11-18/h7-11,14H,2,4,12-13H2,1,3,5-6H3/b20-7+,22-21+,24-14?. The van der Waals surface area contributed by atoms with Gasteiger partial charge in [0.05, 0.1) is 24.3 Å². The average Bonchev–Trinajstić information content (AvgIpc) is 2.63. The van der Waals surface area contributed by atoms with E-state index < -0.39 is 0 Å². The first-order valence-electron chi connectivity index (χ1n) is 8.89. The predicted octanol–water partition coefficient (Wildman–Crippen LogP) is 5.30. The number of rotatable bonds is 3. The van der Waals surface area contributed by atoms with Gasteiger partial charge in [-0.3, -0.25) is 4.79 Å². The number of aliphatic imine (C=N–C) groups is 1. The second-order valence-electron chi connectivity index (χ2n) is 6.67. The Morgan fingerprint density at radius 1 is 1.32 bits per heavy atom. The molecular formula is C22H26ClN3OS. The van der Waals surface area contributed by atoms with Crippen molar-refractivity contribution in [2.45, 2.75) is 13.8 Å². The summed E-state index contributed by atoms with van der Waals surface area (Å²) in [4.78, 5) is 22.0. The van der Waals surface area contributed by atoms with Crippen LogP contribution in [-0.2, 0) is 4.79 Å². The van der Waals surface area contributed by atoms with Crippen molar-refractivity contribution < 1.29 is 4.79 Å². The van der Waals surface area contributed by atoms with Crippen LogP contribution < -0.4 is 4.90 Å². The minimum atomic E-state index is 0.111. The van der Waals surface area contributed by atoms with Gasteiger partial charge in [-0.1, -0.05) is 30.8 Å². The van der Waals surface area contributed by atoms with Crippen molar-refractivity contribution in [1.29, 1.82) is 0 Å². The molecule has 0 bridgehead atoms. The molecule has 1 aliphatic heterocycles. The minimum absolute atomic E-state index is 0.111. The van der Waals surface area contributed by atoms with E-state index in [0.29, 0.717) is 16.5 Å². The molecule has 0 unspecified atom stereocenters. The number of benzene rings is 1. The van der Waals surface area contributed by atoms with Crippen molar-refractivity contribution in [3.05, 3.63) is 76.0 Å². The van der Waals surface area contributed by atoms with Gasteiger partial charge in [-0.05, 0) is 43.7 Å². The molecule has 0 aromatic heterocycles. The molecule has 0 amide bonds. The first-order valence-corrected chi connectivity index (χ1v) is 10.2. The summed E-state index contributed by atoms with van der Waals surface area (Å²) in [5, 5.41) is 0.646. The van der Waals surface area contributed by atoms with Gasteiger partial charge < -0.3 is 9.80 Å². The number of carbonyl (C=O) groups excluding carboxylic acids is 1. The molecule has 0 saturated carbocycles. The van der Waals surface area contributed by atoms with E-state index in [2.05, 4.69) is 18.2 Å². The van der Waals surface area contributed by atoms with Crippen LogP contribution in [-0.4, -0.2) is 43.4 Å². The monoisotopic (exact) mass is 415 g/mol. The summed E-state index contributed by atoms with van der Waals surface area (Å²) in [6.45, 7) is 12.5. The Morgan fingerprint density at radius 3 is 2.50 bits per heavy atom. The summed E-state index contributed by atoms with van der Waals surface area (Å²) in [5.74, 6) is 0.477. The number of allylic oxidation sites excluding steroid dienone is 3. The van der Waals surface area contributed by atoms with Crippen LogP contribution in [0.15, 0.2) is 75.9 Å². The van der Waals surface area contributed by atoms with Gasteiger partial charge in [0.1, 0.15) is 0 Å². The maximum atomic E-state index is 12.6. The minimum Gasteiger partial charge on any atom is -0.377 e. The number of hydrogen-bond acceptors (Lipinski definition) is 5. The zero-order valence-electron chi connectivity index (χ0n) is 16.8. The number of carbonyl (C=O) groups is 1. The lowest BCUT2D eigenvalue weighted by Gasteiger charge is -2.26. The Morgan fingerprint density at radius 2 is 1.96 bits per heavy atom. The van der Waals surface area contributed by atoms with E-state index in [1.165, 1.54) is 11.8 Å². The van der Waals surface area contributed by atoms with Crippen molar-refractivity contribution in [3.8, 4) is 0 Å². The van der Waals surface area contributed by atoms with Gasteiger partial charge in [0, 0.05) is 41.0 Å². The zero-order chi connectivity index (χ0) is 20.8. The average molecular weight is 416 g/mol. The second kappa shape index (κ2) is 9.80. The van der Waals surface area contributed by atoms with E-state index in [9.17, 15) is 4.79 Å². The van der Waals surface area contributed by atoms with Crippen LogP contribution in [0.2, 0.25) is 5.02 Å². The van der Waals surface area contributed by atoms with Gasteiger partial charge in [-0.25, -0.2) is 4.99 Å². The summed E-state index contributed by atoms with van der Waals surface area (Å²) in [7, 11) is 3.94. The Bertz CT molecular complexity index is 866. The van der Waals surface area contributed by atoms with Gasteiger partial charge in [0.2, 0.25) is 0 Å². The predicted molar refractivity (Wildman–Crippen MR) is 123 cm³/mol. The molecule has 0 atom stereocenters. The lowest BCUT2D eigenvalue weighted by atomic mass is 10.0. The fraction of sp³-hybridized carbons (Fsp3) is 0.273. The first-order chi connectivity index (χ1) is 13.2. The number of likely N-dealkylation sites (N-methyl/N-ethyl adjacent to an activating group) is 1. The van der Waals surface area contributed by atoms with Crippen LogP contribution in [0.3, 0.4) is 0 Å². The van der Waals surface area contributed by atoms with Gasteiger partial charge in [0.15, 0.2) is 5.78 Å². The molecule has 148 valence electrons. The third-order valence-electron chi connectivity index (χ3n) is 4.13. The van der Waals surface area contributed by atoms with Crippen LogP contribution in [0.25, 0.3) is 0 Å². The van der Waals surface area contributed by atoms with Gasteiger partial charge in [-0.15, -0.1) is 11.8 Å². The molecule has 28 heavy (non-hydrogen) atoms. The maximum absolute atomic E-state index is 12.6. The van der Waals surface area contributed by atoms with Crippen LogP contribution in [0.5, 0.6) is 0 Å². The summed E-state index contributed by atoms with van der Waals surface area (Å²) in [6.07, 6.45) is 3.66. The lowest BCUT2D eigenvalue weighted by Crippen LogP contribution is -2.30. The topological polar surface area (TPSA) is 35.9 Å². The molecular weight excluding hydrogens is 390 g/mol. The van der Waals surface area contributed by atoms with E-state index in [4.69, 9.17) is 11.6 Å². The zero-order valence-corrected chi connectivity index (χ0v) is 18.4. The molecule has 0 saturated heterocycles. The molecule has 1 heterocycles. The van der Waals surface area contributed by atoms with E-state index >= 15 is 0 Å². The largest absolute Gasteiger partial charge is 0.377 e. The summed E-state index contributed by atoms with van der Waals surface area (Å²) >= 11 is 7.50. The Balaban J connectivity index is 2.57. The summed E-state index contributed by atoms with van der Waals surface area (Å²) < 4.78 is 0. The summed E-state index contributed by atoms with van der Waals surface area (Å²) in [5.41, 5.74) is 4.24. The van der Waals surface area contributed by atoms with E-state index in [1.807, 2.05) is 56.0 Å². The van der Waals surface area contributed by atoms with E-state index in [0.717, 1.165) is 27.4 Å². The molecule has 0 fully saturated rings. The molecule has 0 aliphatic carbocycles. The lowest BCUT2D eigenvalue weighted by molar-refractivity contribution is -0.115. The number of thioether (sulfide) groups is 1. The highest BCUT2D eigenvalue weighted by Gasteiger charge is 2.21. The van der Waals surface area contributed by atoms with Crippen LogP contribution in [0, 0.1) is 0 Å². The number of anilines is 1. The molecule has 0 radical (unpaired) electrons. The van der Waals surface area contributed by atoms with Crippen molar-refractivity contribution in [2.75, 3.05) is 31.3 Å². The van der Waals surface area contributed by atoms with Crippen LogP contribution in [0.1, 0.15) is 13.8 Å². The van der Waals surface area contributed by atoms with Crippen LogP contribution >= 0.6 is 23.4 Å².